The number of likely N-dealkylation sites (N-methyl/N-ethyl adjacent to an activating group) is 1. The smallest absolute Gasteiger partial charge is 0.239 e. The van der Waals surface area contributed by atoms with Crippen LogP contribution in [0.3, 0.4) is 0 Å². The van der Waals surface area contributed by atoms with Crippen LogP contribution >= 0.6 is 24.0 Å². The SMILES string of the molecule is CCNC(=NCC(C)N1CCOCC1)NCCCN1CCCC1C(=O)N(C)C.I. The van der Waals surface area contributed by atoms with E-state index < -0.39 is 0 Å². The Balaban J connectivity index is 0.00000420. The number of carbonyl (C=O) groups excluding carboxylic acids is 1. The number of morpholine rings is 1. The van der Waals surface area contributed by atoms with E-state index in [0.717, 1.165) is 84.2 Å². The van der Waals surface area contributed by atoms with Crippen molar-refractivity contribution in [2.75, 3.05) is 73.1 Å². The predicted octanol–water partition coefficient (Wildman–Crippen LogP) is 0.823. The first-order valence-electron chi connectivity index (χ1n) is 10.8. The summed E-state index contributed by atoms with van der Waals surface area (Å²) in [5.41, 5.74) is 0. The Hall–Kier alpha value is -0.650. The molecule has 29 heavy (non-hydrogen) atoms. The lowest BCUT2D eigenvalue weighted by atomic mass is 10.2. The number of halogens is 1. The molecule has 0 bridgehead atoms. The van der Waals surface area contributed by atoms with E-state index in [1.54, 1.807) is 4.90 Å². The van der Waals surface area contributed by atoms with Crippen LogP contribution in [0.25, 0.3) is 0 Å². The zero-order valence-corrected chi connectivity index (χ0v) is 21.0. The number of amides is 1. The van der Waals surface area contributed by atoms with E-state index >= 15 is 0 Å². The summed E-state index contributed by atoms with van der Waals surface area (Å²) >= 11 is 0. The summed E-state index contributed by atoms with van der Waals surface area (Å²) in [6.07, 6.45) is 3.09. The number of carbonyl (C=O) groups is 1. The first kappa shape index (κ1) is 26.4. The maximum Gasteiger partial charge on any atom is 0.239 e. The number of hydrogen-bond acceptors (Lipinski definition) is 5. The highest BCUT2D eigenvalue weighted by Gasteiger charge is 2.30. The van der Waals surface area contributed by atoms with Gasteiger partial charge in [-0.3, -0.25) is 19.6 Å². The fourth-order valence-electron chi connectivity index (χ4n) is 3.86. The molecule has 2 fully saturated rings. The van der Waals surface area contributed by atoms with Gasteiger partial charge in [0.1, 0.15) is 0 Å². The summed E-state index contributed by atoms with van der Waals surface area (Å²) in [5, 5.41) is 6.78. The van der Waals surface area contributed by atoms with Gasteiger partial charge in [-0.2, -0.15) is 0 Å². The van der Waals surface area contributed by atoms with Gasteiger partial charge >= 0.3 is 0 Å². The van der Waals surface area contributed by atoms with E-state index in [4.69, 9.17) is 9.73 Å². The molecule has 0 aromatic rings. The maximum absolute atomic E-state index is 12.3. The number of guanidine groups is 1. The van der Waals surface area contributed by atoms with Crippen LogP contribution in [-0.2, 0) is 9.53 Å². The van der Waals surface area contributed by atoms with Crippen molar-refractivity contribution < 1.29 is 9.53 Å². The molecular weight excluding hydrogens is 483 g/mol. The summed E-state index contributed by atoms with van der Waals surface area (Å²) in [6, 6.07) is 0.480. The fourth-order valence-corrected chi connectivity index (χ4v) is 3.86. The summed E-state index contributed by atoms with van der Waals surface area (Å²) in [7, 11) is 3.69. The van der Waals surface area contributed by atoms with Crippen LogP contribution in [0.5, 0.6) is 0 Å². The van der Waals surface area contributed by atoms with Crippen molar-refractivity contribution in [1.29, 1.82) is 0 Å². The minimum atomic E-state index is 0. The fraction of sp³-hybridized carbons (Fsp3) is 0.900. The van der Waals surface area contributed by atoms with Gasteiger partial charge in [0.25, 0.3) is 0 Å². The van der Waals surface area contributed by atoms with Gasteiger partial charge in [0, 0.05) is 52.9 Å². The molecule has 2 aliphatic heterocycles. The molecule has 2 unspecified atom stereocenters. The minimum absolute atomic E-state index is 0. The van der Waals surface area contributed by atoms with E-state index in [0.29, 0.717) is 6.04 Å². The number of nitrogens with one attached hydrogen (secondary N) is 2. The monoisotopic (exact) mass is 524 g/mol. The standard InChI is InChI=1S/C20H40N6O2.HI/c1-5-21-20(23-16-17(2)25-12-14-28-15-13-25)22-9-7-11-26-10-6-8-18(26)19(27)24(3)4;/h17-18H,5-16H2,1-4H3,(H2,21,22,23);1H. The molecule has 8 nitrogen and oxygen atoms in total. The number of ether oxygens (including phenoxy) is 1. The van der Waals surface area contributed by atoms with E-state index in [1.165, 1.54) is 0 Å². The highest BCUT2D eigenvalue weighted by atomic mass is 127. The second-order valence-electron chi connectivity index (χ2n) is 7.92. The van der Waals surface area contributed by atoms with Gasteiger partial charge in [-0.25, -0.2) is 0 Å². The first-order valence-corrected chi connectivity index (χ1v) is 10.8. The molecule has 1 amide bonds. The Labute approximate surface area is 193 Å². The molecule has 2 N–H and O–H groups in total. The van der Waals surface area contributed by atoms with Crippen LogP contribution in [0, 0.1) is 0 Å². The van der Waals surface area contributed by atoms with Crippen molar-refractivity contribution in [3.8, 4) is 0 Å². The van der Waals surface area contributed by atoms with E-state index in [1.807, 2.05) is 14.1 Å². The van der Waals surface area contributed by atoms with Gasteiger partial charge in [0.05, 0.1) is 25.8 Å². The largest absolute Gasteiger partial charge is 0.379 e. The lowest BCUT2D eigenvalue weighted by Crippen LogP contribution is -2.45. The average molecular weight is 524 g/mol. The third-order valence-corrected chi connectivity index (χ3v) is 5.53. The number of nitrogens with zero attached hydrogens (tertiary/aromatic N) is 4. The molecule has 0 aromatic carbocycles. The van der Waals surface area contributed by atoms with Crippen LogP contribution in [-0.4, -0.2) is 112 Å². The van der Waals surface area contributed by atoms with Crippen LogP contribution in [0.4, 0.5) is 0 Å². The van der Waals surface area contributed by atoms with E-state index in [9.17, 15) is 4.79 Å². The normalized spacial score (nSPS) is 22.1. The summed E-state index contributed by atoms with van der Waals surface area (Å²) in [4.78, 5) is 23.5. The van der Waals surface area contributed by atoms with Crippen LogP contribution in [0.15, 0.2) is 4.99 Å². The lowest BCUT2D eigenvalue weighted by Gasteiger charge is -2.31. The lowest BCUT2D eigenvalue weighted by molar-refractivity contribution is -0.133. The second-order valence-corrected chi connectivity index (χ2v) is 7.92. The van der Waals surface area contributed by atoms with Crippen molar-refractivity contribution in [2.45, 2.75) is 45.2 Å². The number of rotatable bonds is 9. The topological polar surface area (TPSA) is 72.4 Å². The first-order chi connectivity index (χ1) is 13.5. The molecule has 2 atom stereocenters. The summed E-state index contributed by atoms with van der Waals surface area (Å²) in [6.45, 7) is 12.4. The molecule has 2 saturated heterocycles. The molecule has 2 heterocycles. The molecule has 2 rings (SSSR count). The molecule has 0 aliphatic carbocycles. The Morgan fingerprint density at radius 3 is 2.62 bits per heavy atom. The maximum atomic E-state index is 12.3. The Morgan fingerprint density at radius 2 is 1.97 bits per heavy atom. The zero-order valence-electron chi connectivity index (χ0n) is 18.7. The summed E-state index contributed by atoms with van der Waals surface area (Å²) in [5.74, 6) is 1.11. The van der Waals surface area contributed by atoms with Gasteiger partial charge in [-0.05, 0) is 39.7 Å². The third kappa shape index (κ3) is 8.94. The van der Waals surface area contributed by atoms with Crippen LogP contribution in [0.2, 0.25) is 0 Å². The number of likely N-dealkylation sites (tertiary alicyclic amines) is 1. The molecule has 0 aromatic heterocycles. The second kappa shape index (κ2) is 14.4. The van der Waals surface area contributed by atoms with Crippen molar-refractivity contribution in [2.24, 2.45) is 4.99 Å². The molecular formula is C20H41IN6O2. The van der Waals surface area contributed by atoms with Gasteiger partial charge in [0.2, 0.25) is 5.91 Å². The van der Waals surface area contributed by atoms with Crippen molar-refractivity contribution in [3.63, 3.8) is 0 Å². The van der Waals surface area contributed by atoms with Gasteiger partial charge < -0.3 is 20.3 Å². The molecule has 2 aliphatic rings. The quantitative estimate of drug-likeness (QED) is 0.202. The van der Waals surface area contributed by atoms with E-state index in [-0.39, 0.29) is 35.9 Å². The highest BCUT2D eigenvalue weighted by molar-refractivity contribution is 14.0. The molecule has 0 spiro atoms. The Morgan fingerprint density at radius 1 is 1.24 bits per heavy atom. The van der Waals surface area contributed by atoms with Gasteiger partial charge in [-0.15, -0.1) is 24.0 Å². The average Bonchev–Trinajstić information content (AvgIpc) is 3.17. The van der Waals surface area contributed by atoms with Gasteiger partial charge in [0.15, 0.2) is 5.96 Å². The summed E-state index contributed by atoms with van der Waals surface area (Å²) < 4.78 is 5.43. The predicted molar refractivity (Wildman–Crippen MR) is 129 cm³/mol. The molecule has 0 radical (unpaired) electrons. The van der Waals surface area contributed by atoms with Crippen molar-refractivity contribution >= 4 is 35.8 Å². The Bertz CT molecular complexity index is 499. The zero-order chi connectivity index (χ0) is 20.4. The minimum Gasteiger partial charge on any atom is -0.379 e. The third-order valence-electron chi connectivity index (χ3n) is 5.53. The highest BCUT2D eigenvalue weighted by Crippen LogP contribution is 2.18. The number of aliphatic imine (C=N–C) groups is 1. The van der Waals surface area contributed by atoms with E-state index in [2.05, 4.69) is 34.3 Å². The molecule has 170 valence electrons. The Kier molecular flexibility index (Phi) is 13.1. The van der Waals surface area contributed by atoms with Crippen LogP contribution in [0.1, 0.15) is 33.1 Å². The number of hydrogen-bond donors (Lipinski definition) is 2. The molecule has 0 saturated carbocycles. The molecule has 9 heteroatoms. The van der Waals surface area contributed by atoms with Gasteiger partial charge in [-0.1, -0.05) is 0 Å². The van der Waals surface area contributed by atoms with Crippen molar-refractivity contribution in [3.05, 3.63) is 0 Å². The van der Waals surface area contributed by atoms with Crippen molar-refractivity contribution in [1.82, 2.24) is 25.3 Å². The van der Waals surface area contributed by atoms with Crippen LogP contribution < -0.4 is 10.6 Å².